The first-order valence-electron chi connectivity index (χ1n) is 35.5. The summed E-state index contributed by atoms with van der Waals surface area (Å²) in [5.74, 6) is -0.646. The summed E-state index contributed by atoms with van der Waals surface area (Å²) in [7, 11) is -9.89. The number of ether oxygens (including phenoxy) is 4. The van der Waals surface area contributed by atoms with Gasteiger partial charge in [-0.25, -0.2) is 9.13 Å². The van der Waals surface area contributed by atoms with Crippen molar-refractivity contribution < 1.29 is 80.2 Å². The van der Waals surface area contributed by atoms with Crippen molar-refractivity contribution in [2.24, 2.45) is 11.8 Å². The fourth-order valence-electron chi connectivity index (χ4n) is 10.2. The first kappa shape index (κ1) is 85.1. The van der Waals surface area contributed by atoms with Gasteiger partial charge in [0.15, 0.2) is 12.2 Å². The monoisotopic (exact) mass is 1280 g/mol. The van der Waals surface area contributed by atoms with E-state index >= 15 is 0 Å². The summed E-state index contributed by atoms with van der Waals surface area (Å²) in [6.07, 6.45) is 44.3. The molecule has 0 aliphatic carbocycles. The molecule has 0 amide bonds. The number of hydrogen-bond donors (Lipinski definition) is 3. The van der Waals surface area contributed by atoms with Crippen molar-refractivity contribution >= 4 is 39.5 Å². The molecule has 19 heteroatoms. The standard InChI is InChI=1S/C68H132O17P2/c1-7-9-11-13-15-17-19-20-21-27-34-40-46-52-67(72)84-63(57-79-66(71)51-45-39-33-28-22-24-30-36-42-48-60(3)4)58-82-86(74,75)80-54-62(69)55-81-87(76,77)83-59-64(56-78-65(70)50-44-38-32-26-18-16-14-12-10-8-2)85-68(73)53-47-41-35-29-23-25-31-37-43-49-61(5)6/h60-64,69H,7-59H2,1-6H3,(H,74,75)(H,76,77)/t62-,63-,64-/m1/s1. The molecule has 87 heavy (non-hydrogen) atoms. The highest BCUT2D eigenvalue weighted by atomic mass is 31.2. The zero-order valence-corrected chi connectivity index (χ0v) is 58.1. The van der Waals surface area contributed by atoms with E-state index in [0.717, 1.165) is 102 Å². The van der Waals surface area contributed by atoms with Crippen LogP contribution >= 0.6 is 15.6 Å². The highest BCUT2D eigenvalue weighted by Crippen LogP contribution is 2.45. The molecule has 0 aromatic rings. The summed E-state index contributed by atoms with van der Waals surface area (Å²) in [6, 6.07) is 0. The average molecular weight is 1280 g/mol. The van der Waals surface area contributed by atoms with Crippen LogP contribution in [0.3, 0.4) is 0 Å². The Morgan fingerprint density at radius 2 is 0.529 bits per heavy atom. The number of esters is 4. The van der Waals surface area contributed by atoms with Crippen molar-refractivity contribution in [2.75, 3.05) is 39.6 Å². The van der Waals surface area contributed by atoms with Crippen molar-refractivity contribution in [3.8, 4) is 0 Å². The largest absolute Gasteiger partial charge is 0.472 e. The molecule has 0 saturated heterocycles. The molecular formula is C68H132O17P2. The normalized spacial score (nSPS) is 14.2. The molecule has 0 bridgehead atoms. The van der Waals surface area contributed by atoms with Crippen LogP contribution < -0.4 is 0 Å². The van der Waals surface area contributed by atoms with Gasteiger partial charge in [0.2, 0.25) is 0 Å². The molecule has 0 radical (unpaired) electrons. The second kappa shape index (κ2) is 60.3. The summed E-state index contributed by atoms with van der Waals surface area (Å²) in [5, 5.41) is 10.6. The van der Waals surface area contributed by atoms with Gasteiger partial charge in [-0.2, -0.15) is 0 Å². The van der Waals surface area contributed by atoms with Gasteiger partial charge in [0, 0.05) is 25.7 Å². The Bertz CT molecular complexity index is 1700. The number of unbranched alkanes of at least 4 members (excludes halogenated alkanes) is 37. The minimum absolute atomic E-state index is 0.105. The molecular weight excluding hydrogens is 1150 g/mol. The molecule has 5 atom stereocenters. The van der Waals surface area contributed by atoms with Gasteiger partial charge in [0.1, 0.15) is 19.3 Å². The number of aliphatic hydroxyl groups excluding tert-OH is 1. The van der Waals surface area contributed by atoms with Crippen molar-refractivity contribution in [2.45, 2.75) is 362 Å². The smallest absolute Gasteiger partial charge is 0.462 e. The molecule has 0 aliphatic heterocycles. The van der Waals surface area contributed by atoms with Crippen molar-refractivity contribution in [3.63, 3.8) is 0 Å². The number of carbonyl (C=O) groups is 4. The fourth-order valence-corrected chi connectivity index (χ4v) is 11.8. The van der Waals surface area contributed by atoms with Crippen LogP contribution in [0.15, 0.2) is 0 Å². The van der Waals surface area contributed by atoms with E-state index in [0.29, 0.717) is 25.7 Å². The maximum absolute atomic E-state index is 13.0. The van der Waals surface area contributed by atoms with Crippen LogP contribution in [-0.4, -0.2) is 96.7 Å². The van der Waals surface area contributed by atoms with Gasteiger partial charge in [0.25, 0.3) is 0 Å². The minimum atomic E-state index is -4.95. The lowest BCUT2D eigenvalue weighted by Crippen LogP contribution is -2.30. The Morgan fingerprint density at radius 3 is 0.782 bits per heavy atom. The minimum Gasteiger partial charge on any atom is -0.462 e. The fraction of sp³-hybridized carbons (Fsp3) is 0.941. The highest BCUT2D eigenvalue weighted by Gasteiger charge is 2.30. The number of rotatable bonds is 67. The summed E-state index contributed by atoms with van der Waals surface area (Å²) in [5.41, 5.74) is 0. The van der Waals surface area contributed by atoms with Gasteiger partial charge in [0.05, 0.1) is 26.4 Å². The van der Waals surface area contributed by atoms with Gasteiger partial charge < -0.3 is 33.8 Å². The highest BCUT2D eigenvalue weighted by molar-refractivity contribution is 7.47. The molecule has 0 aromatic carbocycles. The van der Waals surface area contributed by atoms with E-state index < -0.39 is 97.5 Å². The third kappa shape index (κ3) is 62.6. The molecule has 17 nitrogen and oxygen atoms in total. The first-order valence-corrected chi connectivity index (χ1v) is 38.5. The van der Waals surface area contributed by atoms with E-state index in [1.807, 2.05) is 0 Å². The first-order chi connectivity index (χ1) is 41.9. The lowest BCUT2D eigenvalue weighted by Gasteiger charge is -2.21. The summed E-state index contributed by atoms with van der Waals surface area (Å²) in [4.78, 5) is 72.4. The lowest BCUT2D eigenvalue weighted by atomic mass is 10.0. The van der Waals surface area contributed by atoms with Crippen LogP contribution in [0.4, 0.5) is 0 Å². The van der Waals surface area contributed by atoms with Crippen molar-refractivity contribution in [1.82, 2.24) is 0 Å². The van der Waals surface area contributed by atoms with Crippen molar-refractivity contribution in [1.29, 1.82) is 0 Å². The Kier molecular flexibility index (Phi) is 59.0. The Morgan fingerprint density at radius 1 is 0.310 bits per heavy atom. The SMILES string of the molecule is CCCCCCCCCCCCCCCC(=O)O[C@H](COC(=O)CCCCCCCCCCCC(C)C)COP(=O)(O)OC[C@@H](O)COP(=O)(O)OC[C@@H](COC(=O)CCCCCCCCCCCC)OC(=O)CCCCCCCCCCCC(C)C. The van der Waals surface area contributed by atoms with Crippen LogP contribution in [0.1, 0.15) is 343 Å². The molecule has 3 N–H and O–H groups in total. The molecule has 0 heterocycles. The van der Waals surface area contributed by atoms with E-state index in [4.69, 9.17) is 37.0 Å². The van der Waals surface area contributed by atoms with Crippen LogP contribution in [0, 0.1) is 11.8 Å². The number of phosphoric ester groups is 2. The van der Waals surface area contributed by atoms with Gasteiger partial charge in [-0.15, -0.1) is 0 Å². The number of aliphatic hydroxyl groups is 1. The third-order valence-electron chi connectivity index (χ3n) is 15.7. The molecule has 516 valence electrons. The molecule has 0 fully saturated rings. The van der Waals surface area contributed by atoms with Crippen LogP contribution in [0.5, 0.6) is 0 Å². The zero-order chi connectivity index (χ0) is 64.3. The van der Waals surface area contributed by atoms with E-state index in [9.17, 15) is 43.2 Å². The number of hydrogen-bond acceptors (Lipinski definition) is 15. The third-order valence-corrected chi connectivity index (χ3v) is 17.6. The summed E-state index contributed by atoms with van der Waals surface area (Å²) < 4.78 is 68.2. The molecule has 0 aliphatic rings. The van der Waals surface area contributed by atoms with E-state index in [-0.39, 0.29) is 25.7 Å². The molecule has 0 rings (SSSR count). The van der Waals surface area contributed by atoms with E-state index in [1.54, 1.807) is 0 Å². The van der Waals surface area contributed by atoms with E-state index in [1.165, 1.54) is 161 Å². The van der Waals surface area contributed by atoms with Gasteiger partial charge in [-0.1, -0.05) is 292 Å². The van der Waals surface area contributed by atoms with Gasteiger partial charge >= 0.3 is 39.5 Å². The van der Waals surface area contributed by atoms with Gasteiger partial charge in [-0.05, 0) is 37.5 Å². The predicted octanol–water partition coefficient (Wildman–Crippen LogP) is 19.2. The predicted molar refractivity (Wildman–Crippen MR) is 349 cm³/mol. The lowest BCUT2D eigenvalue weighted by molar-refractivity contribution is -0.161. The Hall–Kier alpha value is -1.94. The number of carbonyl (C=O) groups excluding carboxylic acids is 4. The maximum Gasteiger partial charge on any atom is 0.472 e. The number of phosphoric acid groups is 2. The Labute approximate surface area is 530 Å². The molecule has 0 spiro atoms. The molecule has 2 unspecified atom stereocenters. The van der Waals surface area contributed by atoms with Crippen LogP contribution in [0.25, 0.3) is 0 Å². The maximum atomic E-state index is 13.0. The van der Waals surface area contributed by atoms with E-state index in [2.05, 4.69) is 41.5 Å². The quantitative estimate of drug-likeness (QED) is 0.0222. The second-order valence-corrected chi connectivity index (χ2v) is 28.4. The molecule has 0 saturated carbocycles. The van der Waals surface area contributed by atoms with Gasteiger partial charge in [-0.3, -0.25) is 37.3 Å². The van der Waals surface area contributed by atoms with Crippen LogP contribution in [-0.2, 0) is 65.4 Å². The second-order valence-electron chi connectivity index (χ2n) is 25.5. The Balaban J connectivity index is 5.25. The molecule has 0 aromatic heterocycles. The van der Waals surface area contributed by atoms with Crippen molar-refractivity contribution in [3.05, 3.63) is 0 Å². The topological polar surface area (TPSA) is 237 Å². The summed E-state index contributed by atoms with van der Waals surface area (Å²) >= 11 is 0. The summed E-state index contributed by atoms with van der Waals surface area (Å²) in [6.45, 7) is 9.48. The van der Waals surface area contributed by atoms with Crippen LogP contribution in [0.2, 0.25) is 0 Å². The zero-order valence-electron chi connectivity index (χ0n) is 56.3. The average Bonchev–Trinajstić information content (AvgIpc) is 3.51.